The fraction of sp³-hybridized carbons (Fsp3) is 0.733. The molecule has 1 fully saturated rings. The highest BCUT2D eigenvalue weighted by Crippen LogP contribution is 2.23. The molecule has 1 aromatic rings. The Kier molecular flexibility index (Phi) is 5.14. The average molecular weight is 263 g/mol. The molecule has 0 spiro atoms. The monoisotopic (exact) mass is 263 g/mol. The third kappa shape index (κ3) is 3.90. The van der Waals surface area contributed by atoms with Crippen molar-refractivity contribution >= 4 is 5.78 Å². The number of ketones is 1. The molecule has 2 unspecified atom stereocenters. The Morgan fingerprint density at radius 1 is 1.63 bits per heavy atom. The lowest BCUT2D eigenvalue weighted by Gasteiger charge is -2.27. The van der Waals surface area contributed by atoms with Gasteiger partial charge in [0.05, 0.1) is 6.42 Å². The summed E-state index contributed by atoms with van der Waals surface area (Å²) in [6, 6.07) is 0. The molecular weight excluding hydrogens is 238 g/mol. The van der Waals surface area contributed by atoms with Crippen molar-refractivity contribution in [3.63, 3.8) is 0 Å². The van der Waals surface area contributed by atoms with Crippen molar-refractivity contribution < 1.29 is 4.79 Å². The highest BCUT2D eigenvalue weighted by molar-refractivity contribution is 5.80. The molecule has 0 aliphatic carbocycles. The van der Waals surface area contributed by atoms with Gasteiger partial charge >= 0.3 is 0 Å². The third-order valence-electron chi connectivity index (χ3n) is 4.19. The van der Waals surface area contributed by atoms with Crippen LogP contribution in [-0.4, -0.2) is 28.4 Å². The second-order valence-electron chi connectivity index (χ2n) is 5.63. The van der Waals surface area contributed by atoms with Crippen LogP contribution in [0.1, 0.15) is 38.9 Å². The molecule has 1 N–H and O–H groups in total. The van der Waals surface area contributed by atoms with E-state index < -0.39 is 0 Å². The lowest BCUT2D eigenvalue weighted by molar-refractivity contribution is -0.119. The Labute approximate surface area is 115 Å². The van der Waals surface area contributed by atoms with Gasteiger partial charge in [0.2, 0.25) is 0 Å². The second kappa shape index (κ2) is 6.85. The molecule has 2 rings (SSSR count). The number of hydrogen-bond donors (Lipinski definition) is 1. The first-order valence-corrected chi connectivity index (χ1v) is 7.43. The van der Waals surface area contributed by atoms with E-state index in [9.17, 15) is 4.79 Å². The highest BCUT2D eigenvalue weighted by Gasteiger charge is 2.22. The zero-order valence-corrected chi connectivity index (χ0v) is 12.1. The SMILES string of the molecule is CCn1ccnc1CC(=O)CC(C)C1CCCNC1. The van der Waals surface area contributed by atoms with E-state index in [2.05, 4.69) is 24.1 Å². The van der Waals surface area contributed by atoms with Crippen LogP contribution in [0.4, 0.5) is 0 Å². The number of carbonyl (C=O) groups is 1. The first kappa shape index (κ1) is 14.3. The maximum Gasteiger partial charge on any atom is 0.140 e. The quantitative estimate of drug-likeness (QED) is 0.854. The molecule has 2 atom stereocenters. The minimum absolute atomic E-state index is 0.318. The van der Waals surface area contributed by atoms with Gasteiger partial charge < -0.3 is 9.88 Å². The molecule has 1 aliphatic rings. The number of piperidine rings is 1. The summed E-state index contributed by atoms with van der Waals surface area (Å²) in [5.41, 5.74) is 0. The first-order valence-electron chi connectivity index (χ1n) is 7.43. The van der Waals surface area contributed by atoms with Gasteiger partial charge in [-0.3, -0.25) is 4.79 Å². The topological polar surface area (TPSA) is 46.9 Å². The van der Waals surface area contributed by atoms with E-state index in [1.54, 1.807) is 6.20 Å². The normalized spacial score (nSPS) is 21.3. The van der Waals surface area contributed by atoms with Crippen LogP contribution in [0.25, 0.3) is 0 Å². The molecule has 106 valence electrons. The van der Waals surface area contributed by atoms with E-state index in [-0.39, 0.29) is 0 Å². The smallest absolute Gasteiger partial charge is 0.140 e. The lowest BCUT2D eigenvalue weighted by atomic mass is 9.84. The largest absolute Gasteiger partial charge is 0.335 e. The van der Waals surface area contributed by atoms with Crippen molar-refractivity contribution in [3.05, 3.63) is 18.2 Å². The molecule has 1 saturated heterocycles. The summed E-state index contributed by atoms with van der Waals surface area (Å²) in [5.74, 6) is 2.36. The Morgan fingerprint density at radius 2 is 2.47 bits per heavy atom. The van der Waals surface area contributed by atoms with Crippen LogP contribution in [0.2, 0.25) is 0 Å². The second-order valence-corrected chi connectivity index (χ2v) is 5.63. The molecule has 0 amide bonds. The number of imidazole rings is 1. The summed E-state index contributed by atoms with van der Waals surface area (Å²) in [4.78, 5) is 16.4. The van der Waals surface area contributed by atoms with Crippen LogP contribution in [0.15, 0.2) is 12.4 Å². The number of rotatable bonds is 6. The van der Waals surface area contributed by atoms with Crippen molar-refractivity contribution in [2.45, 2.75) is 46.1 Å². The van der Waals surface area contributed by atoms with Crippen LogP contribution in [0.3, 0.4) is 0 Å². The minimum Gasteiger partial charge on any atom is -0.335 e. The van der Waals surface area contributed by atoms with Crippen LogP contribution in [0, 0.1) is 11.8 Å². The van der Waals surface area contributed by atoms with E-state index in [1.165, 1.54) is 12.8 Å². The van der Waals surface area contributed by atoms with Crippen molar-refractivity contribution in [2.24, 2.45) is 11.8 Å². The number of nitrogens with one attached hydrogen (secondary N) is 1. The van der Waals surface area contributed by atoms with Gasteiger partial charge in [0.25, 0.3) is 0 Å². The fourth-order valence-corrected chi connectivity index (χ4v) is 2.93. The van der Waals surface area contributed by atoms with Crippen LogP contribution < -0.4 is 5.32 Å². The minimum atomic E-state index is 0.318. The standard InChI is InChI=1S/C15H25N3O/c1-3-18-8-7-17-15(18)10-14(19)9-12(2)13-5-4-6-16-11-13/h7-8,12-13,16H,3-6,9-11H2,1-2H3. The van der Waals surface area contributed by atoms with Crippen LogP contribution in [0.5, 0.6) is 0 Å². The number of hydrogen-bond acceptors (Lipinski definition) is 3. The summed E-state index contributed by atoms with van der Waals surface area (Å²) >= 11 is 0. The number of carbonyl (C=O) groups excluding carboxylic acids is 1. The Morgan fingerprint density at radius 3 is 3.16 bits per heavy atom. The van der Waals surface area contributed by atoms with Gasteiger partial charge in [-0.15, -0.1) is 0 Å². The Hall–Kier alpha value is -1.16. The molecule has 0 aromatic carbocycles. The van der Waals surface area contributed by atoms with E-state index >= 15 is 0 Å². The lowest BCUT2D eigenvalue weighted by Crippen LogP contribution is -2.34. The van der Waals surface area contributed by atoms with Crippen molar-refractivity contribution in [3.8, 4) is 0 Å². The molecule has 2 heterocycles. The molecule has 1 aliphatic heterocycles. The number of aryl methyl sites for hydroxylation is 1. The third-order valence-corrected chi connectivity index (χ3v) is 4.19. The van der Waals surface area contributed by atoms with E-state index in [0.717, 1.165) is 25.5 Å². The molecule has 1 aromatic heterocycles. The highest BCUT2D eigenvalue weighted by atomic mass is 16.1. The van der Waals surface area contributed by atoms with Crippen LogP contribution in [-0.2, 0) is 17.8 Å². The van der Waals surface area contributed by atoms with Crippen molar-refractivity contribution in [1.29, 1.82) is 0 Å². The molecule has 19 heavy (non-hydrogen) atoms. The first-order chi connectivity index (χ1) is 9.20. The maximum atomic E-state index is 12.2. The summed E-state index contributed by atoms with van der Waals surface area (Å²) in [6.45, 7) is 7.36. The molecule has 4 heteroatoms. The fourth-order valence-electron chi connectivity index (χ4n) is 2.93. The van der Waals surface area contributed by atoms with Crippen LogP contribution >= 0.6 is 0 Å². The number of Topliss-reactive ketones (excluding diaryl/α,β-unsaturated/α-hetero) is 1. The van der Waals surface area contributed by atoms with Gasteiger partial charge in [-0.1, -0.05) is 6.92 Å². The summed E-state index contributed by atoms with van der Waals surface area (Å²) in [7, 11) is 0. The molecule has 0 bridgehead atoms. The van der Waals surface area contributed by atoms with E-state index in [0.29, 0.717) is 30.5 Å². The van der Waals surface area contributed by atoms with Gasteiger partial charge in [0, 0.05) is 25.4 Å². The average Bonchev–Trinajstić information content (AvgIpc) is 2.86. The summed E-state index contributed by atoms with van der Waals surface area (Å²) in [6.07, 6.45) is 7.38. The molecule has 0 radical (unpaired) electrons. The Balaban J connectivity index is 1.83. The van der Waals surface area contributed by atoms with E-state index in [1.807, 2.05) is 10.8 Å². The van der Waals surface area contributed by atoms with Gasteiger partial charge in [0.1, 0.15) is 11.6 Å². The predicted molar refractivity (Wildman–Crippen MR) is 76.0 cm³/mol. The van der Waals surface area contributed by atoms with Crippen molar-refractivity contribution in [1.82, 2.24) is 14.9 Å². The zero-order chi connectivity index (χ0) is 13.7. The Bertz CT molecular complexity index is 407. The molecule has 4 nitrogen and oxygen atoms in total. The zero-order valence-electron chi connectivity index (χ0n) is 12.1. The predicted octanol–water partition coefficient (Wildman–Crippen LogP) is 2.04. The van der Waals surface area contributed by atoms with Crippen molar-refractivity contribution in [2.75, 3.05) is 13.1 Å². The van der Waals surface area contributed by atoms with E-state index in [4.69, 9.17) is 0 Å². The molecule has 0 saturated carbocycles. The summed E-state index contributed by atoms with van der Waals surface area (Å²) < 4.78 is 2.05. The number of nitrogens with zero attached hydrogens (tertiary/aromatic N) is 2. The molecular formula is C15H25N3O. The van der Waals surface area contributed by atoms with Gasteiger partial charge in [-0.2, -0.15) is 0 Å². The van der Waals surface area contributed by atoms with Gasteiger partial charge in [-0.05, 0) is 44.7 Å². The summed E-state index contributed by atoms with van der Waals surface area (Å²) in [5, 5.41) is 3.43. The van der Waals surface area contributed by atoms with Gasteiger partial charge in [-0.25, -0.2) is 4.98 Å². The van der Waals surface area contributed by atoms with Gasteiger partial charge in [0.15, 0.2) is 0 Å². The number of aromatic nitrogens is 2. The maximum absolute atomic E-state index is 12.2.